The van der Waals surface area contributed by atoms with Crippen LogP contribution in [0.3, 0.4) is 0 Å². The zero-order chi connectivity index (χ0) is 22.9. The lowest BCUT2D eigenvalue weighted by atomic mass is 9.97. The molecule has 0 bridgehead atoms. The van der Waals surface area contributed by atoms with Crippen molar-refractivity contribution in [3.05, 3.63) is 36.1 Å². The Morgan fingerprint density at radius 3 is 2.68 bits per heavy atom. The quantitative estimate of drug-likeness (QED) is 0.582. The van der Waals surface area contributed by atoms with E-state index in [0.717, 1.165) is 86.3 Å². The second-order valence-electron chi connectivity index (χ2n) is 9.00. The van der Waals surface area contributed by atoms with Crippen LogP contribution >= 0.6 is 0 Å². The SMILES string of the molecule is O=S1CCc2nc(N3CCC(c4nc(-c5ccncc5)no4)CC3)[nH+]c(NC3CCOCC3)c21. The molecule has 0 radical (unpaired) electrons. The Morgan fingerprint density at radius 2 is 1.88 bits per heavy atom. The molecule has 0 spiro atoms. The average molecular weight is 483 g/mol. The van der Waals surface area contributed by atoms with Gasteiger partial charge in [0.15, 0.2) is 0 Å². The normalized spacial score (nSPS) is 21.5. The Bertz CT molecular complexity index is 1170. The van der Waals surface area contributed by atoms with Gasteiger partial charge in [0.05, 0.1) is 29.9 Å². The Morgan fingerprint density at radius 1 is 1.09 bits per heavy atom. The highest BCUT2D eigenvalue weighted by Gasteiger charge is 2.34. The van der Waals surface area contributed by atoms with Crippen LogP contribution in [-0.2, 0) is 22.0 Å². The van der Waals surface area contributed by atoms with E-state index in [2.05, 4.69) is 30.3 Å². The number of aromatic amines is 1. The number of H-pyrrole nitrogens is 1. The minimum absolute atomic E-state index is 0.223. The van der Waals surface area contributed by atoms with E-state index in [4.69, 9.17) is 14.2 Å². The molecule has 3 aromatic rings. The summed E-state index contributed by atoms with van der Waals surface area (Å²) in [6.07, 6.45) is 7.91. The van der Waals surface area contributed by atoms with Gasteiger partial charge in [-0.1, -0.05) is 5.16 Å². The maximum absolute atomic E-state index is 12.7. The highest BCUT2D eigenvalue weighted by molar-refractivity contribution is 7.85. The standard InChI is InChI=1S/C23H27N7O3S/c31-34-14-7-18-19(34)21(25-17-5-12-32-13-6-17)28-23(26-18)30-10-3-16(4-11-30)22-27-20(29-33-22)15-1-8-24-9-2-15/h1-2,8-9,16-17H,3-7,10-14H2,(H,25,26,28)/p+1. The Hall–Kier alpha value is -2.92. The minimum Gasteiger partial charge on any atom is -0.381 e. The van der Waals surface area contributed by atoms with Gasteiger partial charge in [-0.3, -0.25) is 14.1 Å². The molecule has 2 saturated heterocycles. The van der Waals surface area contributed by atoms with Crippen molar-refractivity contribution in [2.45, 2.75) is 49.0 Å². The number of fused-ring (bicyclic) bond motifs is 1. The van der Waals surface area contributed by atoms with E-state index in [-0.39, 0.29) is 5.92 Å². The number of hydrogen-bond acceptors (Lipinski definition) is 9. The second-order valence-corrected chi connectivity index (χ2v) is 10.5. The van der Waals surface area contributed by atoms with Gasteiger partial charge >= 0.3 is 5.95 Å². The topological polar surface area (TPSA) is 120 Å². The van der Waals surface area contributed by atoms with E-state index in [1.807, 2.05) is 12.1 Å². The second kappa shape index (κ2) is 9.38. The molecule has 34 heavy (non-hydrogen) atoms. The fourth-order valence-corrected chi connectivity index (χ4v) is 6.21. The molecule has 178 valence electrons. The first-order valence-electron chi connectivity index (χ1n) is 11.9. The molecule has 0 saturated carbocycles. The molecule has 0 amide bonds. The third kappa shape index (κ3) is 4.29. The average Bonchev–Trinajstić information content (AvgIpc) is 3.53. The van der Waals surface area contributed by atoms with Crippen LogP contribution < -0.4 is 15.2 Å². The van der Waals surface area contributed by atoms with E-state index in [1.165, 1.54) is 0 Å². The zero-order valence-electron chi connectivity index (χ0n) is 18.9. The van der Waals surface area contributed by atoms with Gasteiger partial charge < -0.3 is 14.6 Å². The van der Waals surface area contributed by atoms with E-state index in [9.17, 15) is 4.21 Å². The van der Waals surface area contributed by atoms with E-state index >= 15 is 0 Å². The molecule has 3 aliphatic heterocycles. The van der Waals surface area contributed by atoms with Crippen LogP contribution in [0.5, 0.6) is 0 Å². The summed E-state index contributed by atoms with van der Waals surface area (Å²) in [7, 11) is -1.01. The summed E-state index contributed by atoms with van der Waals surface area (Å²) in [5.41, 5.74) is 1.85. The third-order valence-electron chi connectivity index (χ3n) is 6.81. The van der Waals surface area contributed by atoms with Gasteiger partial charge in [0.2, 0.25) is 17.5 Å². The van der Waals surface area contributed by atoms with Crippen molar-refractivity contribution < 1.29 is 18.5 Å². The van der Waals surface area contributed by atoms with Crippen molar-refractivity contribution in [3.63, 3.8) is 0 Å². The van der Waals surface area contributed by atoms with Gasteiger partial charge in [-0.25, -0.2) is 4.98 Å². The maximum atomic E-state index is 12.7. The molecule has 1 unspecified atom stereocenters. The molecule has 6 rings (SSSR count). The van der Waals surface area contributed by atoms with Gasteiger partial charge in [-0.15, -0.1) is 4.98 Å². The summed E-state index contributed by atoms with van der Waals surface area (Å²) in [5.74, 6) is 3.86. The molecule has 2 fully saturated rings. The number of rotatable bonds is 5. The van der Waals surface area contributed by atoms with Crippen LogP contribution in [0.1, 0.15) is 43.2 Å². The van der Waals surface area contributed by atoms with Crippen LogP contribution in [0.4, 0.5) is 11.8 Å². The van der Waals surface area contributed by atoms with Crippen LogP contribution in [-0.4, -0.2) is 62.4 Å². The van der Waals surface area contributed by atoms with Crippen LogP contribution in [0.25, 0.3) is 11.4 Å². The maximum Gasteiger partial charge on any atom is 0.347 e. The number of aryl methyl sites for hydroxylation is 1. The van der Waals surface area contributed by atoms with Gasteiger partial charge in [0.1, 0.15) is 10.6 Å². The monoisotopic (exact) mass is 482 g/mol. The number of piperidine rings is 1. The molecule has 0 aliphatic carbocycles. The molecule has 1 atom stereocenters. The number of pyridine rings is 1. The molecule has 6 heterocycles. The van der Waals surface area contributed by atoms with Crippen molar-refractivity contribution in [2.75, 3.05) is 42.3 Å². The summed E-state index contributed by atoms with van der Waals surface area (Å²) in [4.78, 5) is 20.2. The predicted octanol–water partition coefficient (Wildman–Crippen LogP) is 1.98. The summed E-state index contributed by atoms with van der Waals surface area (Å²) in [5, 5.41) is 7.77. The molecule has 11 heteroatoms. The van der Waals surface area contributed by atoms with Crippen molar-refractivity contribution in [2.24, 2.45) is 0 Å². The Balaban J connectivity index is 1.17. The van der Waals surface area contributed by atoms with Gasteiger partial charge in [-0.05, 0) is 25.0 Å². The van der Waals surface area contributed by atoms with Gasteiger partial charge in [0, 0.05) is 62.1 Å². The highest BCUT2D eigenvalue weighted by Crippen LogP contribution is 2.32. The van der Waals surface area contributed by atoms with Crippen molar-refractivity contribution in [1.29, 1.82) is 0 Å². The van der Waals surface area contributed by atoms with Crippen LogP contribution in [0.2, 0.25) is 0 Å². The summed E-state index contributed by atoms with van der Waals surface area (Å²) >= 11 is 0. The smallest absolute Gasteiger partial charge is 0.347 e. The number of nitrogens with one attached hydrogen (secondary N) is 2. The van der Waals surface area contributed by atoms with Crippen molar-refractivity contribution in [1.82, 2.24) is 20.1 Å². The van der Waals surface area contributed by atoms with Crippen molar-refractivity contribution >= 4 is 22.6 Å². The first kappa shape index (κ1) is 21.6. The number of hydrogen-bond donors (Lipinski definition) is 1. The summed E-state index contributed by atoms with van der Waals surface area (Å²) < 4.78 is 23.8. The Kier molecular flexibility index (Phi) is 5.96. The lowest BCUT2D eigenvalue weighted by molar-refractivity contribution is -0.354. The first-order chi connectivity index (χ1) is 16.7. The molecule has 2 N–H and O–H groups in total. The molecule has 0 aromatic carbocycles. The zero-order valence-corrected chi connectivity index (χ0v) is 19.7. The number of nitrogens with zero attached hydrogens (tertiary/aromatic N) is 5. The van der Waals surface area contributed by atoms with E-state index in [0.29, 0.717) is 23.5 Å². The third-order valence-corrected chi connectivity index (χ3v) is 8.28. The summed E-state index contributed by atoms with van der Waals surface area (Å²) in [6.45, 7) is 3.18. The summed E-state index contributed by atoms with van der Waals surface area (Å²) in [6, 6.07) is 4.08. The molecular formula is C23H28N7O3S+. The lowest BCUT2D eigenvalue weighted by Gasteiger charge is -2.27. The molecular weight excluding hydrogens is 454 g/mol. The van der Waals surface area contributed by atoms with E-state index in [1.54, 1.807) is 12.4 Å². The van der Waals surface area contributed by atoms with Gasteiger partial charge in [-0.2, -0.15) is 4.98 Å². The number of aromatic nitrogens is 5. The van der Waals surface area contributed by atoms with Crippen LogP contribution in [0, 0.1) is 0 Å². The number of anilines is 2. The fourth-order valence-electron chi connectivity index (χ4n) is 4.88. The first-order valence-corrected chi connectivity index (χ1v) is 13.2. The van der Waals surface area contributed by atoms with E-state index < -0.39 is 10.8 Å². The minimum atomic E-state index is -1.01. The molecule has 10 nitrogen and oxygen atoms in total. The van der Waals surface area contributed by atoms with Crippen molar-refractivity contribution in [3.8, 4) is 11.4 Å². The van der Waals surface area contributed by atoms with Gasteiger partial charge in [0.25, 0.3) is 0 Å². The number of ether oxygens (including phenoxy) is 1. The molecule has 3 aliphatic rings. The van der Waals surface area contributed by atoms with Crippen LogP contribution in [0.15, 0.2) is 33.9 Å². The fraction of sp³-hybridized carbons (Fsp3) is 0.522. The predicted molar refractivity (Wildman–Crippen MR) is 125 cm³/mol. The largest absolute Gasteiger partial charge is 0.381 e. The Labute approximate surface area is 200 Å². The highest BCUT2D eigenvalue weighted by atomic mass is 32.2. The molecule has 3 aromatic heterocycles. The lowest BCUT2D eigenvalue weighted by Crippen LogP contribution is -2.39.